The van der Waals surface area contributed by atoms with Crippen molar-refractivity contribution >= 4 is 10.9 Å². The molecule has 0 aliphatic rings. The molecule has 2 rings (SSSR count). The van der Waals surface area contributed by atoms with Crippen molar-refractivity contribution < 1.29 is 0 Å². The molecule has 1 aromatic carbocycles. The number of rotatable bonds is 1. The minimum Gasteiger partial charge on any atom is -0.240 e. The molecule has 2 aromatic rings. The van der Waals surface area contributed by atoms with Gasteiger partial charge in [0, 0.05) is 5.39 Å². The van der Waals surface area contributed by atoms with Crippen LogP contribution in [0, 0.1) is 0 Å². The molecular weight excluding hydrogens is 184 g/mol. The second-order valence-electron chi connectivity index (χ2n) is 3.43. The van der Waals surface area contributed by atoms with Crippen LogP contribution in [0.4, 0.5) is 0 Å². The van der Waals surface area contributed by atoms with Gasteiger partial charge >= 0.3 is 0 Å². The quantitative estimate of drug-likeness (QED) is 0.703. The highest BCUT2D eigenvalue weighted by Crippen LogP contribution is 2.20. The van der Waals surface area contributed by atoms with Gasteiger partial charge < -0.3 is 0 Å². The molecule has 0 bridgehead atoms. The maximum atomic E-state index is 4.30. The molecule has 0 unspecified atom stereocenters. The van der Waals surface area contributed by atoms with Crippen molar-refractivity contribution in [3.8, 4) is 0 Å². The molecule has 0 saturated carbocycles. The van der Waals surface area contributed by atoms with E-state index in [0.29, 0.717) is 5.92 Å². The molecule has 80 valence electrons. The fraction of sp³-hybridized carbons (Fsp3) is 0.385. The van der Waals surface area contributed by atoms with Crippen LogP contribution in [0.1, 0.15) is 39.3 Å². The van der Waals surface area contributed by atoms with Crippen molar-refractivity contribution in [2.45, 2.75) is 33.6 Å². The number of benzene rings is 1. The van der Waals surface area contributed by atoms with Crippen molar-refractivity contribution in [1.29, 1.82) is 0 Å². The molecule has 1 aromatic heterocycles. The van der Waals surface area contributed by atoms with Gasteiger partial charge in [0.1, 0.15) is 6.33 Å². The Morgan fingerprint density at radius 1 is 1.00 bits per heavy atom. The molecule has 0 aliphatic heterocycles. The first-order chi connectivity index (χ1) is 7.29. The van der Waals surface area contributed by atoms with E-state index >= 15 is 0 Å². The zero-order valence-corrected chi connectivity index (χ0v) is 9.86. The van der Waals surface area contributed by atoms with E-state index in [1.54, 1.807) is 6.33 Å². The number of aromatic nitrogens is 2. The maximum Gasteiger partial charge on any atom is 0.116 e. The summed E-state index contributed by atoms with van der Waals surface area (Å²) in [5, 5.41) is 1.17. The molecule has 0 radical (unpaired) electrons. The van der Waals surface area contributed by atoms with Crippen LogP contribution in [-0.2, 0) is 0 Å². The van der Waals surface area contributed by atoms with Crippen LogP contribution in [-0.4, -0.2) is 9.97 Å². The Balaban J connectivity index is 0.000000531. The molecule has 0 amide bonds. The van der Waals surface area contributed by atoms with Crippen LogP contribution < -0.4 is 0 Å². The summed E-state index contributed by atoms with van der Waals surface area (Å²) in [4.78, 5) is 8.51. The van der Waals surface area contributed by atoms with Crippen molar-refractivity contribution in [1.82, 2.24) is 9.97 Å². The fourth-order valence-corrected chi connectivity index (χ4v) is 1.49. The first-order valence-corrected chi connectivity index (χ1v) is 5.48. The number of para-hydroxylation sites is 1. The SMILES string of the molecule is CC.CC(C)c1ncnc2ccccc12. The topological polar surface area (TPSA) is 25.8 Å². The van der Waals surface area contributed by atoms with Crippen LogP contribution in [0.25, 0.3) is 10.9 Å². The van der Waals surface area contributed by atoms with E-state index in [4.69, 9.17) is 0 Å². The van der Waals surface area contributed by atoms with Gasteiger partial charge in [0.25, 0.3) is 0 Å². The zero-order valence-electron chi connectivity index (χ0n) is 9.86. The fourth-order valence-electron chi connectivity index (χ4n) is 1.49. The van der Waals surface area contributed by atoms with Crippen LogP contribution in [0.15, 0.2) is 30.6 Å². The third-order valence-electron chi connectivity index (χ3n) is 2.12. The van der Waals surface area contributed by atoms with Gasteiger partial charge in [0.2, 0.25) is 0 Å². The van der Waals surface area contributed by atoms with E-state index in [-0.39, 0.29) is 0 Å². The number of hydrogen-bond acceptors (Lipinski definition) is 2. The second kappa shape index (κ2) is 5.44. The Morgan fingerprint density at radius 3 is 2.33 bits per heavy atom. The highest BCUT2D eigenvalue weighted by atomic mass is 14.8. The Hall–Kier alpha value is -1.44. The average Bonchev–Trinajstić information content (AvgIpc) is 2.31. The highest BCUT2D eigenvalue weighted by Gasteiger charge is 2.05. The summed E-state index contributed by atoms with van der Waals surface area (Å²) in [7, 11) is 0. The molecule has 2 heteroatoms. The molecule has 0 N–H and O–H groups in total. The summed E-state index contributed by atoms with van der Waals surface area (Å²) in [6, 6.07) is 8.12. The molecule has 15 heavy (non-hydrogen) atoms. The van der Waals surface area contributed by atoms with E-state index < -0.39 is 0 Å². The van der Waals surface area contributed by atoms with Gasteiger partial charge in [-0.3, -0.25) is 0 Å². The minimum absolute atomic E-state index is 0.452. The highest BCUT2D eigenvalue weighted by molar-refractivity contribution is 5.80. The Bertz CT molecular complexity index is 416. The Morgan fingerprint density at radius 2 is 1.67 bits per heavy atom. The monoisotopic (exact) mass is 202 g/mol. The lowest BCUT2D eigenvalue weighted by molar-refractivity contribution is 0.828. The summed E-state index contributed by atoms with van der Waals surface area (Å²) in [5.41, 5.74) is 2.16. The van der Waals surface area contributed by atoms with Gasteiger partial charge in [-0.15, -0.1) is 0 Å². The van der Waals surface area contributed by atoms with Crippen molar-refractivity contribution in [3.05, 3.63) is 36.3 Å². The summed E-state index contributed by atoms with van der Waals surface area (Å²) in [6.45, 7) is 8.30. The first-order valence-electron chi connectivity index (χ1n) is 5.48. The third-order valence-corrected chi connectivity index (χ3v) is 2.12. The van der Waals surface area contributed by atoms with Crippen molar-refractivity contribution in [3.63, 3.8) is 0 Å². The molecule has 0 fully saturated rings. The van der Waals surface area contributed by atoms with Crippen LogP contribution in [0.2, 0.25) is 0 Å². The molecule has 0 atom stereocenters. The van der Waals surface area contributed by atoms with Crippen molar-refractivity contribution in [2.75, 3.05) is 0 Å². The summed E-state index contributed by atoms with van der Waals surface area (Å²) in [6.07, 6.45) is 1.64. The molecular formula is C13H18N2. The third kappa shape index (κ3) is 2.52. The molecule has 0 saturated heterocycles. The van der Waals surface area contributed by atoms with E-state index in [1.165, 1.54) is 5.39 Å². The Kier molecular flexibility index (Phi) is 4.22. The summed E-state index contributed by atoms with van der Waals surface area (Å²) >= 11 is 0. The molecule has 0 spiro atoms. The van der Waals surface area contributed by atoms with Crippen LogP contribution >= 0.6 is 0 Å². The van der Waals surface area contributed by atoms with Crippen LogP contribution in [0.5, 0.6) is 0 Å². The lowest BCUT2D eigenvalue weighted by atomic mass is 10.1. The lowest BCUT2D eigenvalue weighted by Gasteiger charge is -2.06. The molecule has 2 nitrogen and oxygen atoms in total. The van der Waals surface area contributed by atoms with Gasteiger partial charge in [-0.05, 0) is 12.0 Å². The molecule has 1 heterocycles. The standard InChI is InChI=1S/C11H12N2.C2H6/c1-8(2)11-9-5-3-4-6-10(9)12-7-13-11;1-2/h3-8H,1-2H3;1-2H3. The predicted molar refractivity (Wildman–Crippen MR) is 65.0 cm³/mol. The first kappa shape index (κ1) is 11.6. The van der Waals surface area contributed by atoms with Crippen molar-refractivity contribution in [2.24, 2.45) is 0 Å². The van der Waals surface area contributed by atoms with Gasteiger partial charge in [0.05, 0.1) is 11.2 Å². The smallest absolute Gasteiger partial charge is 0.116 e. The zero-order chi connectivity index (χ0) is 11.3. The number of hydrogen-bond donors (Lipinski definition) is 0. The molecule has 0 aliphatic carbocycles. The van der Waals surface area contributed by atoms with E-state index in [0.717, 1.165) is 11.2 Å². The number of nitrogens with zero attached hydrogens (tertiary/aromatic N) is 2. The van der Waals surface area contributed by atoms with Crippen LogP contribution in [0.3, 0.4) is 0 Å². The van der Waals surface area contributed by atoms with Gasteiger partial charge in [-0.2, -0.15) is 0 Å². The largest absolute Gasteiger partial charge is 0.240 e. The summed E-state index contributed by atoms with van der Waals surface area (Å²) in [5.74, 6) is 0.452. The van der Waals surface area contributed by atoms with Gasteiger partial charge in [0.15, 0.2) is 0 Å². The maximum absolute atomic E-state index is 4.30. The minimum atomic E-state index is 0.452. The normalized spacial score (nSPS) is 9.93. The average molecular weight is 202 g/mol. The Labute approximate surface area is 91.4 Å². The number of fused-ring (bicyclic) bond motifs is 1. The lowest BCUT2D eigenvalue weighted by Crippen LogP contribution is -1.94. The van der Waals surface area contributed by atoms with E-state index in [2.05, 4.69) is 29.9 Å². The van der Waals surface area contributed by atoms with Gasteiger partial charge in [-0.1, -0.05) is 45.9 Å². The van der Waals surface area contributed by atoms with E-state index in [9.17, 15) is 0 Å². The van der Waals surface area contributed by atoms with E-state index in [1.807, 2.05) is 32.0 Å². The second-order valence-corrected chi connectivity index (χ2v) is 3.43. The summed E-state index contributed by atoms with van der Waals surface area (Å²) < 4.78 is 0. The van der Waals surface area contributed by atoms with Gasteiger partial charge in [-0.25, -0.2) is 9.97 Å². The predicted octanol–water partition coefficient (Wildman–Crippen LogP) is 3.78.